The van der Waals surface area contributed by atoms with E-state index in [0.717, 1.165) is 11.4 Å². The second kappa shape index (κ2) is 4.73. The molecule has 0 aromatic heterocycles. The summed E-state index contributed by atoms with van der Waals surface area (Å²) in [5.74, 6) is 0. The van der Waals surface area contributed by atoms with Crippen LogP contribution >= 0.6 is 0 Å². The van der Waals surface area contributed by atoms with Crippen molar-refractivity contribution in [3.63, 3.8) is 0 Å². The second-order valence-corrected chi connectivity index (χ2v) is 6.89. The fourth-order valence-corrected chi connectivity index (χ4v) is 2.27. The molecule has 1 aliphatic rings. The predicted molar refractivity (Wildman–Crippen MR) is 61.7 cm³/mol. The average Bonchev–Trinajstić information content (AvgIpc) is 2.30. The highest BCUT2D eigenvalue weighted by molar-refractivity contribution is 6.66. The summed E-state index contributed by atoms with van der Waals surface area (Å²) in [6.07, 6.45) is 0.605. The fourth-order valence-electron chi connectivity index (χ4n) is 0.845. The largest absolute Gasteiger partial charge is 0.521 e. The van der Waals surface area contributed by atoms with Gasteiger partial charge in [-0.2, -0.15) is 0 Å². The Morgan fingerprint density at radius 1 is 1.20 bits per heavy atom. The lowest BCUT2D eigenvalue weighted by Crippen LogP contribution is -2.50. The Labute approximate surface area is 91.1 Å². The van der Waals surface area contributed by atoms with Gasteiger partial charge in [0, 0.05) is 20.6 Å². The van der Waals surface area contributed by atoms with Crippen LogP contribution in [0, 0.1) is 0 Å². The van der Waals surface area contributed by atoms with E-state index in [-0.39, 0.29) is 0 Å². The van der Waals surface area contributed by atoms with Crippen LogP contribution in [0.15, 0.2) is 10.3 Å². The monoisotopic (exact) mass is 230 g/mol. The summed E-state index contributed by atoms with van der Waals surface area (Å²) < 4.78 is 10.8. The molecule has 0 radical (unpaired) electrons. The van der Waals surface area contributed by atoms with Crippen LogP contribution in [0.25, 0.3) is 0 Å². The molecule has 0 atom stereocenters. The van der Waals surface area contributed by atoms with Crippen molar-refractivity contribution in [3.05, 3.63) is 0 Å². The van der Waals surface area contributed by atoms with Gasteiger partial charge in [0.25, 0.3) is 0 Å². The van der Waals surface area contributed by atoms with Crippen LogP contribution in [0.1, 0.15) is 13.8 Å². The zero-order valence-corrected chi connectivity index (χ0v) is 10.9. The summed E-state index contributed by atoms with van der Waals surface area (Å²) in [5.41, 5.74) is 4.64. The van der Waals surface area contributed by atoms with Crippen molar-refractivity contribution >= 4 is 20.0 Å². The van der Waals surface area contributed by atoms with Crippen LogP contribution < -0.4 is 5.43 Å². The Hall–Kier alpha value is -0.923. The molecular formula is C8H18N4O2Si. The molecule has 86 valence electrons. The highest BCUT2D eigenvalue weighted by Crippen LogP contribution is 2.11. The molecule has 0 fully saturated rings. The number of hydrazine groups is 1. The zero-order valence-electron chi connectivity index (χ0n) is 9.87. The van der Waals surface area contributed by atoms with Crippen molar-refractivity contribution in [1.29, 1.82) is 0 Å². The minimum atomic E-state index is -2.36. The summed E-state index contributed by atoms with van der Waals surface area (Å²) in [7, 11) is 1.47. The first kappa shape index (κ1) is 12.1. The van der Waals surface area contributed by atoms with Crippen molar-refractivity contribution in [2.75, 3.05) is 20.3 Å². The Kier molecular flexibility index (Phi) is 3.83. The van der Waals surface area contributed by atoms with Crippen molar-refractivity contribution < 1.29 is 9.05 Å². The Morgan fingerprint density at radius 3 is 2.07 bits per heavy atom. The fraction of sp³-hybridized carbons (Fsp3) is 0.750. The molecule has 6 nitrogen and oxygen atoms in total. The van der Waals surface area contributed by atoms with Gasteiger partial charge in [0.05, 0.1) is 17.6 Å². The topological polar surface area (TPSA) is 58.5 Å². The van der Waals surface area contributed by atoms with E-state index in [1.54, 1.807) is 0 Å². The highest BCUT2D eigenvalue weighted by Gasteiger charge is 2.38. The van der Waals surface area contributed by atoms with E-state index in [4.69, 9.17) is 9.05 Å². The molecule has 0 aromatic carbocycles. The maximum Gasteiger partial charge on any atom is 0.521 e. The van der Waals surface area contributed by atoms with Gasteiger partial charge in [0.15, 0.2) is 0 Å². The third-order valence-electron chi connectivity index (χ3n) is 1.99. The standard InChI is InChI=1S/C8H18N4O2Si/c1-7-8(2)11-14-15(5,13-10-7)6-9-12(3)4/h9H,6H2,1-5H3. The number of hydrogen-bond donors (Lipinski definition) is 1. The van der Waals surface area contributed by atoms with Crippen LogP contribution in [0.5, 0.6) is 0 Å². The molecule has 0 aliphatic carbocycles. The summed E-state index contributed by atoms with van der Waals surface area (Å²) in [6, 6.07) is 0. The summed E-state index contributed by atoms with van der Waals surface area (Å²) in [6.45, 7) is 5.62. The maximum absolute atomic E-state index is 5.42. The minimum Gasteiger partial charge on any atom is -0.406 e. The van der Waals surface area contributed by atoms with Gasteiger partial charge in [-0.3, -0.25) is 10.4 Å². The van der Waals surface area contributed by atoms with Gasteiger partial charge in [-0.1, -0.05) is 0 Å². The van der Waals surface area contributed by atoms with E-state index >= 15 is 0 Å². The van der Waals surface area contributed by atoms with E-state index < -0.39 is 8.56 Å². The molecule has 0 spiro atoms. The molecule has 0 amide bonds. The third kappa shape index (κ3) is 3.61. The molecule has 15 heavy (non-hydrogen) atoms. The van der Waals surface area contributed by atoms with Crippen molar-refractivity contribution in [2.45, 2.75) is 20.4 Å². The summed E-state index contributed by atoms with van der Waals surface area (Å²) >= 11 is 0. The molecule has 7 heteroatoms. The van der Waals surface area contributed by atoms with Crippen molar-refractivity contribution in [3.8, 4) is 0 Å². The molecule has 0 saturated carbocycles. The van der Waals surface area contributed by atoms with Crippen LogP contribution in [0.4, 0.5) is 0 Å². The van der Waals surface area contributed by atoms with Gasteiger partial charge in [0.2, 0.25) is 0 Å². The molecule has 1 aliphatic heterocycles. The number of rotatable bonds is 3. The molecule has 1 heterocycles. The molecule has 1 N–H and O–H groups in total. The first-order valence-corrected chi connectivity index (χ1v) is 7.32. The van der Waals surface area contributed by atoms with Gasteiger partial charge in [-0.15, -0.1) is 10.3 Å². The van der Waals surface area contributed by atoms with Gasteiger partial charge >= 0.3 is 8.56 Å². The second-order valence-electron chi connectivity index (χ2n) is 3.90. The summed E-state index contributed by atoms with van der Waals surface area (Å²) in [5, 5.41) is 9.85. The lowest BCUT2D eigenvalue weighted by Gasteiger charge is -2.22. The first-order chi connectivity index (χ1) is 6.93. The van der Waals surface area contributed by atoms with E-state index in [1.807, 2.05) is 39.5 Å². The van der Waals surface area contributed by atoms with Crippen LogP contribution in [-0.4, -0.2) is 45.3 Å². The number of oxime groups is 2. The first-order valence-electron chi connectivity index (χ1n) is 4.80. The zero-order chi connectivity index (χ0) is 11.5. The van der Waals surface area contributed by atoms with Gasteiger partial charge in [-0.05, 0) is 13.8 Å². The average molecular weight is 230 g/mol. The lowest BCUT2D eigenvalue weighted by atomic mass is 10.3. The van der Waals surface area contributed by atoms with Crippen LogP contribution in [-0.2, 0) is 9.05 Å². The quantitative estimate of drug-likeness (QED) is 0.565. The van der Waals surface area contributed by atoms with Crippen LogP contribution in [0.2, 0.25) is 6.55 Å². The van der Waals surface area contributed by atoms with E-state index in [1.165, 1.54) is 0 Å². The SMILES string of the molecule is CC1=NO[Si](C)(CNN(C)C)ON=C1C. The normalized spacial score (nSPS) is 19.9. The third-order valence-corrected chi connectivity index (χ3v) is 3.75. The highest BCUT2D eigenvalue weighted by atomic mass is 28.4. The van der Waals surface area contributed by atoms with Gasteiger partial charge < -0.3 is 9.05 Å². The number of nitrogens with one attached hydrogen (secondary N) is 1. The molecule has 0 aromatic rings. The van der Waals surface area contributed by atoms with Crippen molar-refractivity contribution in [1.82, 2.24) is 10.4 Å². The van der Waals surface area contributed by atoms with Crippen molar-refractivity contribution in [2.24, 2.45) is 10.3 Å². The minimum absolute atomic E-state index is 0.605. The molecular weight excluding hydrogens is 212 g/mol. The van der Waals surface area contributed by atoms with E-state index in [9.17, 15) is 0 Å². The lowest BCUT2D eigenvalue weighted by molar-refractivity contribution is 0.177. The number of nitrogens with zero attached hydrogens (tertiary/aromatic N) is 3. The summed E-state index contributed by atoms with van der Waals surface area (Å²) in [4.78, 5) is 0. The Bertz CT molecular complexity index is 270. The van der Waals surface area contributed by atoms with E-state index in [0.29, 0.717) is 6.17 Å². The smallest absolute Gasteiger partial charge is 0.406 e. The Morgan fingerprint density at radius 2 is 1.67 bits per heavy atom. The van der Waals surface area contributed by atoms with Gasteiger partial charge in [0.1, 0.15) is 0 Å². The van der Waals surface area contributed by atoms with Crippen LogP contribution in [0.3, 0.4) is 0 Å². The van der Waals surface area contributed by atoms with E-state index in [2.05, 4.69) is 15.7 Å². The molecule has 0 unspecified atom stereocenters. The molecule has 0 saturated heterocycles. The predicted octanol–water partition coefficient (Wildman–Crippen LogP) is 0.462. The maximum atomic E-state index is 5.42. The number of hydrogen-bond acceptors (Lipinski definition) is 6. The van der Waals surface area contributed by atoms with Gasteiger partial charge in [-0.25, -0.2) is 0 Å². The molecule has 0 bridgehead atoms. The molecule has 1 rings (SSSR count). The Balaban J connectivity index is 2.64.